The van der Waals surface area contributed by atoms with Crippen LogP contribution in [-0.4, -0.2) is 36.1 Å². The largest absolute Gasteiger partial charge is 0.361 e. The van der Waals surface area contributed by atoms with Crippen LogP contribution in [0.2, 0.25) is 0 Å². The van der Waals surface area contributed by atoms with Crippen LogP contribution in [-0.2, 0) is 6.42 Å². The molecule has 6 nitrogen and oxygen atoms in total. The first kappa shape index (κ1) is 19.1. The van der Waals surface area contributed by atoms with Gasteiger partial charge in [-0.05, 0) is 55.7 Å². The van der Waals surface area contributed by atoms with Crippen LogP contribution in [0.4, 0.5) is 20.7 Å². The lowest BCUT2D eigenvalue weighted by Gasteiger charge is -2.29. The first-order valence-electron chi connectivity index (χ1n) is 9.30. The molecule has 0 aliphatic heterocycles. The van der Waals surface area contributed by atoms with Crippen molar-refractivity contribution in [2.75, 3.05) is 24.3 Å². The van der Waals surface area contributed by atoms with Gasteiger partial charge in [0.2, 0.25) is 0 Å². The summed E-state index contributed by atoms with van der Waals surface area (Å²) in [5.41, 5.74) is 1.76. The molecule has 1 aromatic heterocycles. The van der Waals surface area contributed by atoms with Crippen molar-refractivity contribution in [1.82, 2.24) is 15.3 Å². The zero-order valence-corrected chi connectivity index (χ0v) is 15.8. The lowest BCUT2D eigenvalue weighted by Crippen LogP contribution is -2.40. The highest BCUT2D eigenvalue weighted by molar-refractivity contribution is 5.92. The normalized spacial score (nSPS) is 19.4. The van der Waals surface area contributed by atoms with E-state index in [1.54, 1.807) is 6.20 Å². The highest BCUT2D eigenvalue weighted by Crippen LogP contribution is 2.27. The van der Waals surface area contributed by atoms with E-state index >= 15 is 0 Å². The van der Waals surface area contributed by atoms with E-state index in [1.807, 2.05) is 31.1 Å². The predicted octanol–water partition coefficient (Wildman–Crippen LogP) is 3.60. The number of anilines is 2. The van der Waals surface area contributed by atoms with Gasteiger partial charge in [-0.1, -0.05) is 12.1 Å². The van der Waals surface area contributed by atoms with E-state index in [0.717, 1.165) is 32.1 Å². The molecule has 1 heterocycles. The summed E-state index contributed by atoms with van der Waals surface area (Å²) in [5.74, 6) is 1.06. The first-order valence-corrected chi connectivity index (χ1v) is 9.30. The lowest BCUT2D eigenvalue weighted by molar-refractivity contribution is 0.237. The molecule has 0 spiro atoms. The molecule has 2 N–H and O–H groups in total. The number of hydrogen-bond acceptors (Lipinski definition) is 4. The number of halogens is 1. The Morgan fingerprint density at radius 2 is 1.89 bits per heavy atom. The fourth-order valence-electron chi connectivity index (χ4n) is 3.58. The molecule has 2 aromatic rings. The Balaban J connectivity index is 1.46. The summed E-state index contributed by atoms with van der Waals surface area (Å²) in [6.45, 7) is 0. The van der Waals surface area contributed by atoms with Crippen molar-refractivity contribution in [2.24, 2.45) is 5.92 Å². The van der Waals surface area contributed by atoms with Gasteiger partial charge in [0.25, 0.3) is 0 Å². The molecule has 3 rings (SSSR count). The highest BCUT2D eigenvalue weighted by atomic mass is 19.1. The van der Waals surface area contributed by atoms with Gasteiger partial charge >= 0.3 is 6.03 Å². The van der Waals surface area contributed by atoms with E-state index in [9.17, 15) is 9.18 Å². The monoisotopic (exact) mass is 371 g/mol. The molecule has 27 heavy (non-hydrogen) atoms. The first-order chi connectivity index (χ1) is 13.0. The molecule has 0 saturated heterocycles. The number of rotatable bonds is 5. The van der Waals surface area contributed by atoms with Crippen LogP contribution in [0.1, 0.15) is 31.2 Å². The van der Waals surface area contributed by atoms with Gasteiger partial charge < -0.3 is 15.5 Å². The Hall–Kier alpha value is -2.70. The maximum atomic E-state index is 13.0. The van der Waals surface area contributed by atoms with Crippen LogP contribution >= 0.6 is 0 Å². The Labute approximate surface area is 159 Å². The molecule has 0 bridgehead atoms. The molecule has 2 amide bonds. The van der Waals surface area contributed by atoms with Crippen molar-refractivity contribution >= 4 is 17.5 Å². The number of hydrogen-bond donors (Lipinski definition) is 2. The third-order valence-corrected chi connectivity index (χ3v) is 4.98. The van der Waals surface area contributed by atoms with Crippen molar-refractivity contribution in [1.29, 1.82) is 0 Å². The molecule has 7 heteroatoms. The average molecular weight is 371 g/mol. The van der Waals surface area contributed by atoms with Crippen LogP contribution in [0.15, 0.2) is 36.8 Å². The fraction of sp³-hybridized carbons (Fsp3) is 0.450. The maximum Gasteiger partial charge on any atom is 0.319 e. The molecule has 1 aliphatic carbocycles. The van der Waals surface area contributed by atoms with Crippen molar-refractivity contribution in [2.45, 2.75) is 38.1 Å². The summed E-state index contributed by atoms with van der Waals surface area (Å²) >= 11 is 0. The quantitative estimate of drug-likeness (QED) is 0.842. The van der Waals surface area contributed by atoms with Crippen LogP contribution in [0, 0.1) is 11.7 Å². The number of nitrogens with one attached hydrogen (secondary N) is 2. The Kier molecular flexibility index (Phi) is 6.21. The van der Waals surface area contributed by atoms with Gasteiger partial charge in [0.05, 0.1) is 6.20 Å². The number of nitrogens with zero attached hydrogens (tertiary/aromatic N) is 3. The van der Waals surface area contributed by atoms with E-state index in [2.05, 4.69) is 20.6 Å². The Morgan fingerprint density at radius 1 is 1.19 bits per heavy atom. The predicted molar refractivity (Wildman–Crippen MR) is 104 cm³/mol. The highest BCUT2D eigenvalue weighted by Gasteiger charge is 2.23. The summed E-state index contributed by atoms with van der Waals surface area (Å²) in [6.07, 6.45) is 8.03. The molecule has 1 saturated carbocycles. The van der Waals surface area contributed by atoms with Gasteiger partial charge in [-0.2, -0.15) is 0 Å². The van der Waals surface area contributed by atoms with Gasteiger partial charge in [0.15, 0.2) is 5.82 Å². The molecule has 1 aromatic carbocycles. The Bertz CT molecular complexity index is 757. The third-order valence-electron chi connectivity index (χ3n) is 4.98. The number of amides is 2. The molecule has 0 atom stereocenters. The smallest absolute Gasteiger partial charge is 0.319 e. The molecule has 144 valence electrons. The minimum atomic E-state index is -0.227. The molecule has 1 aliphatic rings. The van der Waals surface area contributed by atoms with E-state index in [0.29, 0.717) is 17.4 Å². The van der Waals surface area contributed by atoms with Crippen molar-refractivity contribution in [3.05, 3.63) is 48.2 Å². The zero-order valence-electron chi connectivity index (χ0n) is 15.8. The van der Waals surface area contributed by atoms with Crippen molar-refractivity contribution in [3.8, 4) is 0 Å². The van der Waals surface area contributed by atoms with Gasteiger partial charge in [-0.15, -0.1) is 0 Å². The molecule has 0 unspecified atom stereocenters. The topological polar surface area (TPSA) is 70.2 Å². The molecular formula is C20H26FN5O. The second kappa shape index (κ2) is 8.79. The van der Waals surface area contributed by atoms with E-state index < -0.39 is 0 Å². The van der Waals surface area contributed by atoms with Gasteiger partial charge in [0.1, 0.15) is 17.8 Å². The average Bonchev–Trinajstić information content (AvgIpc) is 2.65. The van der Waals surface area contributed by atoms with Gasteiger partial charge in [-0.3, -0.25) is 0 Å². The third kappa shape index (κ3) is 5.39. The van der Waals surface area contributed by atoms with Crippen molar-refractivity contribution < 1.29 is 9.18 Å². The van der Waals surface area contributed by atoms with E-state index in [4.69, 9.17) is 0 Å². The summed E-state index contributed by atoms with van der Waals surface area (Å²) in [5, 5.41) is 5.89. The van der Waals surface area contributed by atoms with Crippen LogP contribution < -0.4 is 15.5 Å². The number of urea groups is 1. The molecule has 0 radical (unpaired) electrons. The number of carbonyl (C=O) groups is 1. The number of carbonyl (C=O) groups excluding carboxylic acids is 1. The molecular weight excluding hydrogens is 345 g/mol. The second-order valence-corrected chi connectivity index (χ2v) is 7.30. The minimum absolute atomic E-state index is 0.168. The van der Waals surface area contributed by atoms with Gasteiger partial charge in [-0.25, -0.2) is 19.2 Å². The number of benzene rings is 1. The van der Waals surface area contributed by atoms with Crippen molar-refractivity contribution in [3.63, 3.8) is 0 Å². The number of aromatic nitrogens is 2. The zero-order chi connectivity index (χ0) is 19.2. The fourth-order valence-corrected chi connectivity index (χ4v) is 3.58. The SMILES string of the molecule is CN(C)c1ncncc1NC(=O)NC1CCC(Cc2ccc(F)cc2)CC1. The maximum absolute atomic E-state index is 13.0. The standard InChI is InChI=1S/C20H26FN5O/c1-26(2)19-18(12-22-13-23-19)25-20(27)24-17-9-5-15(6-10-17)11-14-3-7-16(21)8-4-14/h3-4,7-8,12-13,15,17H,5-6,9-11H2,1-2H3,(H2,24,25,27). The second-order valence-electron chi connectivity index (χ2n) is 7.30. The van der Waals surface area contributed by atoms with Crippen LogP contribution in [0.25, 0.3) is 0 Å². The van der Waals surface area contributed by atoms with E-state index in [1.165, 1.54) is 24.0 Å². The summed E-state index contributed by atoms with van der Waals surface area (Å²) in [7, 11) is 3.74. The van der Waals surface area contributed by atoms with Crippen LogP contribution in [0.3, 0.4) is 0 Å². The van der Waals surface area contributed by atoms with Crippen LogP contribution in [0.5, 0.6) is 0 Å². The van der Waals surface area contributed by atoms with E-state index in [-0.39, 0.29) is 17.9 Å². The Morgan fingerprint density at radius 3 is 2.56 bits per heavy atom. The van der Waals surface area contributed by atoms with Gasteiger partial charge in [0, 0.05) is 20.1 Å². The summed E-state index contributed by atoms with van der Waals surface area (Å²) in [6, 6.07) is 6.69. The summed E-state index contributed by atoms with van der Waals surface area (Å²) in [4.78, 5) is 22.3. The lowest BCUT2D eigenvalue weighted by atomic mass is 9.82. The summed E-state index contributed by atoms with van der Waals surface area (Å²) < 4.78 is 13.0. The molecule has 1 fully saturated rings. The minimum Gasteiger partial charge on any atom is -0.361 e.